The van der Waals surface area contributed by atoms with E-state index < -0.39 is 30.1 Å². The predicted octanol–water partition coefficient (Wildman–Crippen LogP) is 2.16. The molecule has 0 aromatic heterocycles. The van der Waals surface area contributed by atoms with E-state index in [2.05, 4.69) is 4.74 Å². The number of rotatable bonds is 4. The normalized spacial score (nSPS) is 10.2. The summed E-state index contributed by atoms with van der Waals surface area (Å²) in [5, 5.41) is 17.9. The molecule has 1 aromatic rings. The third kappa shape index (κ3) is 2.63. The first-order valence-corrected chi connectivity index (χ1v) is 5.18. The van der Waals surface area contributed by atoms with Crippen LogP contribution in [0.1, 0.15) is 40.4 Å². The molecule has 4 nitrogen and oxygen atoms in total. The summed E-state index contributed by atoms with van der Waals surface area (Å²) >= 11 is 0. The zero-order valence-electron chi connectivity index (χ0n) is 9.61. The number of aliphatic hydroxyl groups is 1. The average Bonchev–Trinajstić information content (AvgIpc) is 2.36. The molecule has 0 aliphatic heterocycles. The second-order valence-electron chi connectivity index (χ2n) is 3.35. The quantitative estimate of drug-likeness (QED) is 0.837. The van der Waals surface area contributed by atoms with E-state index in [4.69, 9.17) is 10.4 Å². The zero-order chi connectivity index (χ0) is 13.7. The molecule has 1 N–H and O–H groups in total. The minimum absolute atomic E-state index is 0.0744. The summed E-state index contributed by atoms with van der Waals surface area (Å²) in [6.45, 7) is 1.02. The number of hydrogen-bond donors (Lipinski definition) is 1. The van der Waals surface area contributed by atoms with Gasteiger partial charge >= 0.3 is 5.97 Å². The number of hydrogen-bond acceptors (Lipinski definition) is 4. The molecule has 0 atom stereocenters. The lowest BCUT2D eigenvalue weighted by molar-refractivity contribution is 0.0525. The van der Waals surface area contributed by atoms with Gasteiger partial charge < -0.3 is 9.84 Å². The van der Waals surface area contributed by atoms with Crippen LogP contribution in [-0.2, 0) is 11.3 Å². The Labute approximate surface area is 102 Å². The van der Waals surface area contributed by atoms with Crippen molar-refractivity contribution < 1.29 is 23.4 Å². The summed E-state index contributed by atoms with van der Waals surface area (Å²) in [4.78, 5) is 11.5. The van der Waals surface area contributed by atoms with Gasteiger partial charge in [-0.3, -0.25) is 0 Å². The highest BCUT2D eigenvalue weighted by molar-refractivity contribution is 5.93. The minimum Gasteiger partial charge on any atom is -0.462 e. The van der Waals surface area contributed by atoms with Crippen molar-refractivity contribution in [1.29, 1.82) is 5.26 Å². The molecule has 0 amide bonds. The molecule has 0 saturated heterocycles. The third-order valence-corrected chi connectivity index (χ3v) is 2.33. The molecule has 0 aliphatic rings. The molecule has 18 heavy (non-hydrogen) atoms. The molecule has 0 radical (unpaired) electrons. The van der Waals surface area contributed by atoms with Gasteiger partial charge in [-0.25, -0.2) is 13.6 Å². The van der Waals surface area contributed by atoms with Crippen molar-refractivity contribution in [1.82, 2.24) is 0 Å². The number of nitrogens with zero attached hydrogens (tertiary/aromatic N) is 1. The second kappa shape index (κ2) is 6.07. The molecule has 0 bridgehead atoms. The number of carbonyl (C=O) groups excluding carboxylic acids is 1. The van der Waals surface area contributed by atoms with Gasteiger partial charge in [0, 0.05) is 5.56 Å². The van der Waals surface area contributed by atoms with Crippen molar-refractivity contribution in [2.24, 2.45) is 0 Å². The van der Waals surface area contributed by atoms with Crippen molar-refractivity contribution in [2.45, 2.75) is 20.0 Å². The van der Waals surface area contributed by atoms with E-state index in [-0.39, 0.29) is 17.7 Å². The summed E-state index contributed by atoms with van der Waals surface area (Å²) in [7, 11) is 0. The van der Waals surface area contributed by atoms with Gasteiger partial charge in [0.05, 0.1) is 24.3 Å². The van der Waals surface area contributed by atoms with Gasteiger partial charge in [0.2, 0.25) is 0 Å². The SMILES string of the molecule is CCOC(=O)c1ccc(CO)c(C(F)F)c1C#N. The van der Waals surface area contributed by atoms with E-state index >= 15 is 0 Å². The lowest BCUT2D eigenvalue weighted by Crippen LogP contribution is -2.11. The van der Waals surface area contributed by atoms with Gasteiger partial charge in [0.1, 0.15) is 6.07 Å². The van der Waals surface area contributed by atoms with Crippen molar-refractivity contribution >= 4 is 5.97 Å². The number of esters is 1. The van der Waals surface area contributed by atoms with E-state index in [1.54, 1.807) is 13.0 Å². The van der Waals surface area contributed by atoms with Crippen LogP contribution < -0.4 is 0 Å². The second-order valence-corrected chi connectivity index (χ2v) is 3.35. The van der Waals surface area contributed by atoms with Crippen molar-refractivity contribution in [2.75, 3.05) is 6.61 Å². The van der Waals surface area contributed by atoms with Crippen molar-refractivity contribution in [3.8, 4) is 6.07 Å². The molecule has 96 valence electrons. The van der Waals surface area contributed by atoms with E-state index in [9.17, 15) is 13.6 Å². The van der Waals surface area contributed by atoms with E-state index in [0.717, 1.165) is 0 Å². The Morgan fingerprint density at radius 1 is 1.56 bits per heavy atom. The maximum absolute atomic E-state index is 12.9. The Hall–Kier alpha value is -2.00. The van der Waals surface area contributed by atoms with Crippen LogP contribution in [0.4, 0.5) is 8.78 Å². The lowest BCUT2D eigenvalue weighted by Gasteiger charge is -2.12. The lowest BCUT2D eigenvalue weighted by atomic mass is 9.97. The van der Waals surface area contributed by atoms with Gasteiger partial charge in [0.25, 0.3) is 6.43 Å². The number of carbonyl (C=O) groups is 1. The van der Waals surface area contributed by atoms with Crippen LogP contribution in [0.5, 0.6) is 0 Å². The summed E-state index contributed by atoms with van der Waals surface area (Å²) in [5.74, 6) is -0.833. The van der Waals surface area contributed by atoms with Crippen LogP contribution in [0.25, 0.3) is 0 Å². The first-order valence-electron chi connectivity index (χ1n) is 5.18. The average molecular weight is 255 g/mol. The van der Waals surface area contributed by atoms with E-state index in [1.165, 1.54) is 12.1 Å². The van der Waals surface area contributed by atoms with Crippen LogP contribution in [0, 0.1) is 11.3 Å². The highest BCUT2D eigenvalue weighted by Crippen LogP contribution is 2.29. The van der Waals surface area contributed by atoms with Crippen LogP contribution >= 0.6 is 0 Å². The highest BCUT2D eigenvalue weighted by Gasteiger charge is 2.24. The predicted molar refractivity (Wildman–Crippen MR) is 58.0 cm³/mol. The first kappa shape index (κ1) is 14.1. The van der Waals surface area contributed by atoms with Gasteiger partial charge in [-0.05, 0) is 18.6 Å². The minimum atomic E-state index is -2.95. The van der Waals surface area contributed by atoms with Gasteiger partial charge in [-0.2, -0.15) is 5.26 Å². The third-order valence-electron chi connectivity index (χ3n) is 2.33. The fourth-order valence-corrected chi connectivity index (χ4v) is 1.55. The summed E-state index contributed by atoms with van der Waals surface area (Å²) in [5.41, 5.74) is -1.36. The number of halogens is 2. The Morgan fingerprint density at radius 2 is 2.22 bits per heavy atom. The van der Waals surface area contributed by atoms with Crippen LogP contribution in [0.3, 0.4) is 0 Å². The molecular weight excluding hydrogens is 244 g/mol. The summed E-state index contributed by atoms with van der Waals surface area (Å²) in [6, 6.07) is 3.96. The molecule has 6 heteroatoms. The fraction of sp³-hybridized carbons (Fsp3) is 0.333. The van der Waals surface area contributed by atoms with E-state index in [0.29, 0.717) is 0 Å². The maximum atomic E-state index is 12.9. The number of benzene rings is 1. The molecule has 1 rings (SSSR count). The van der Waals surface area contributed by atoms with Gasteiger partial charge in [0.15, 0.2) is 0 Å². The Morgan fingerprint density at radius 3 is 2.67 bits per heavy atom. The molecule has 0 fully saturated rings. The highest BCUT2D eigenvalue weighted by atomic mass is 19.3. The molecule has 0 heterocycles. The van der Waals surface area contributed by atoms with E-state index in [1.807, 2.05) is 0 Å². The molecule has 0 aliphatic carbocycles. The van der Waals surface area contributed by atoms with Gasteiger partial charge in [-0.1, -0.05) is 6.07 Å². The van der Waals surface area contributed by atoms with Gasteiger partial charge in [-0.15, -0.1) is 0 Å². The summed E-state index contributed by atoms with van der Waals surface area (Å²) < 4.78 is 30.4. The van der Waals surface area contributed by atoms with Crippen LogP contribution in [-0.4, -0.2) is 17.7 Å². The van der Waals surface area contributed by atoms with Crippen molar-refractivity contribution in [3.63, 3.8) is 0 Å². The number of aliphatic hydroxyl groups excluding tert-OH is 1. The smallest absolute Gasteiger partial charge is 0.339 e. The van der Waals surface area contributed by atoms with Crippen LogP contribution in [0.2, 0.25) is 0 Å². The summed E-state index contributed by atoms with van der Waals surface area (Å²) in [6.07, 6.45) is -2.95. The topological polar surface area (TPSA) is 70.3 Å². The zero-order valence-corrected chi connectivity index (χ0v) is 9.61. The Bertz CT molecular complexity index is 495. The number of ether oxygens (including phenoxy) is 1. The molecule has 0 unspecified atom stereocenters. The Balaban J connectivity index is 3.44. The number of nitriles is 1. The van der Waals surface area contributed by atoms with Crippen molar-refractivity contribution in [3.05, 3.63) is 34.4 Å². The molecule has 1 aromatic carbocycles. The fourth-order valence-electron chi connectivity index (χ4n) is 1.55. The standard InChI is InChI=1S/C12H11F2NO3/c1-2-18-12(17)8-4-3-7(6-16)10(11(13)14)9(8)5-15/h3-4,11,16H,2,6H2,1H3. The first-order chi connectivity index (χ1) is 8.56. The molecular formula is C12H11F2NO3. The monoisotopic (exact) mass is 255 g/mol. The maximum Gasteiger partial charge on any atom is 0.339 e. The number of alkyl halides is 2. The largest absolute Gasteiger partial charge is 0.462 e. The molecule has 0 spiro atoms. The molecule has 0 saturated carbocycles. The Kier molecular flexibility index (Phi) is 4.75. The van der Waals surface area contributed by atoms with Crippen LogP contribution in [0.15, 0.2) is 12.1 Å².